The summed E-state index contributed by atoms with van der Waals surface area (Å²) < 4.78 is 40.2. The van der Waals surface area contributed by atoms with Gasteiger partial charge in [0.25, 0.3) is 0 Å². The number of rotatable bonds is 5. The zero-order valence-corrected chi connectivity index (χ0v) is 16.2. The molecule has 0 unspecified atom stereocenters. The molecule has 4 rings (SSSR count). The molecule has 0 spiro atoms. The smallest absolute Gasteiger partial charge is 0.194 e. The third-order valence-corrected chi connectivity index (χ3v) is 5.26. The third-order valence-electron chi connectivity index (χ3n) is 5.26. The Kier molecular flexibility index (Phi) is 5.39. The van der Waals surface area contributed by atoms with Crippen molar-refractivity contribution in [3.8, 4) is 22.3 Å². The van der Waals surface area contributed by atoms with Gasteiger partial charge in [-0.1, -0.05) is 67.9 Å². The molecule has 0 aromatic heterocycles. The molecular weight excluding hydrogens is 369 g/mol. The Bertz CT molecular complexity index is 1140. The Morgan fingerprint density at radius 1 is 0.586 bits per heavy atom. The van der Waals surface area contributed by atoms with Crippen LogP contribution in [0.5, 0.6) is 0 Å². The standard InChI is InChI=1S/C26H21F3/c1-2-3-4-17-5-6-22-14-21(12-11-20(22)13-17)18-7-9-19(10-8-18)23-15-24(27)26(29)25(28)16-23/h5-16H,2-4H2,1H3. The van der Waals surface area contributed by atoms with Crippen molar-refractivity contribution < 1.29 is 13.2 Å². The second-order valence-electron chi connectivity index (χ2n) is 7.33. The molecule has 146 valence electrons. The Balaban J connectivity index is 1.62. The van der Waals surface area contributed by atoms with Crippen LogP contribution in [0.3, 0.4) is 0 Å². The number of halogens is 3. The van der Waals surface area contributed by atoms with Crippen molar-refractivity contribution in [1.82, 2.24) is 0 Å². The van der Waals surface area contributed by atoms with Crippen LogP contribution in [0.15, 0.2) is 72.8 Å². The van der Waals surface area contributed by atoms with Crippen molar-refractivity contribution in [3.63, 3.8) is 0 Å². The van der Waals surface area contributed by atoms with E-state index in [1.165, 1.54) is 29.2 Å². The van der Waals surface area contributed by atoms with Crippen LogP contribution in [0.4, 0.5) is 13.2 Å². The predicted octanol–water partition coefficient (Wildman–Crippen LogP) is 7.93. The number of fused-ring (bicyclic) bond motifs is 1. The van der Waals surface area contributed by atoms with Crippen molar-refractivity contribution in [1.29, 1.82) is 0 Å². The summed E-state index contributed by atoms with van der Waals surface area (Å²) >= 11 is 0. The molecule has 0 radical (unpaired) electrons. The maximum absolute atomic E-state index is 13.5. The summed E-state index contributed by atoms with van der Waals surface area (Å²) in [6.07, 6.45) is 3.47. The molecule has 0 N–H and O–H groups in total. The zero-order chi connectivity index (χ0) is 20.4. The highest BCUT2D eigenvalue weighted by Gasteiger charge is 2.11. The van der Waals surface area contributed by atoms with Gasteiger partial charge in [-0.25, -0.2) is 13.2 Å². The molecule has 0 saturated carbocycles. The SMILES string of the molecule is CCCCc1ccc2cc(-c3ccc(-c4cc(F)c(F)c(F)c4)cc3)ccc2c1. The molecule has 29 heavy (non-hydrogen) atoms. The Morgan fingerprint density at radius 2 is 1.14 bits per heavy atom. The minimum absolute atomic E-state index is 0.311. The summed E-state index contributed by atoms with van der Waals surface area (Å²) in [7, 11) is 0. The first kappa shape index (κ1) is 19.3. The van der Waals surface area contributed by atoms with Gasteiger partial charge in [-0.15, -0.1) is 0 Å². The van der Waals surface area contributed by atoms with Gasteiger partial charge in [0.15, 0.2) is 17.5 Å². The molecule has 3 heteroatoms. The average molecular weight is 390 g/mol. The number of aryl methyl sites for hydroxylation is 1. The van der Waals surface area contributed by atoms with Crippen molar-refractivity contribution in [3.05, 3.63) is 95.8 Å². The second kappa shape index (κ2) is 8.12. The average Bonchev–Trinajstić information content (AvgIpc) is 2.75. The Morgan fingerprint density at radius 3 is 1.79 bits per heavy atom. The van der Waals surface area contributed by atoms with Gasteiger partial charge in [-0.3, -0.25) is 0 Å². The largest absolute Gasteiger partial charge is 0.204 e. The van der Waals surface area contributed by atoms with Gasteiger partial charge < -0.3 is 0 Å². The topological polar surface area (TPSA) is 0 Å². The first-order valence-electron chi connectivity index (χ1n) is 9.83. The Hall–Kier alpha value is -3.07. The quantitative estimate of drug-likeness (QED) is 0.303. The molecule has 4 aromatic carbocycles. The van der Waals surface area contributed by atoms with E-state index in [1.807, 2.05) is 12.1 Å². The third kappa shape index (κ3) is 4.04. The minimum atomic E-state index is -1.45. The van der Waals surface area contributed by atoms with Gasteiger partial charge in [0, 0.05) is 0 Å². The van der Waals surface area contributed by atoms with Crippen LogP contribution < -0.4 is 0 Å². The molecule has 0 nitrogen and oxygen atoms in total. The molecule has 0 bridgehead atoms. The normalized spacial score (nSPS) is 11.2. The first-order valence-corrected chi connectivity index (χ1v) is 9.83. The van der Waals surface area contributed by atoms with Crippen LogP contribution in [-0.4, -0.2) is 0 Å². The molecule has 0 aliphatic carbocycles. The van der Waals surface area contributed by atoms with Crippen molar-refractivity contribution in [2.75, 3.05) is 0 Å². The molecule has 0 heterocycles. The zero-order valence-electron chi connectivity index (χ0n) is 16.2. The van der Waals surface area contributed by atoms with Crippen molar-refractivity contribution >= 4 is 10.8 Å². The maximum atomic E-state index is 13.5. The lowest BCUT2D eigenvalue weighted by molar-refractivity contribution is 0.448. The van der Waals surface area contributed by atoms with Gasteiger partial charge >= 0.3 is 0 Å². The van der Waals surface area contributed by atoms with Crippen LogP contribution in [0.1, 0.15) is 25.3 Å². The van der Waals surface area contributed by atoms with Crippen LogP contribution >= 0.6 is 0 Å². The van der Waals surface area contributed by atoms with E-state index in [4.69, 9.17) is 0 Å². The predicted molar refractivity (Wildman–Crippen MR) is 113 cm³/mol. The van der Waals surface area contributed by atoms with Crippen LogP contribution in [0.25, 0.3) is 33.0 Å². The lowest BCUT2D eigenvalue weighted by atomic mass is 9.97. The van der Waals surface area contributed by atoms with Crippen molar-refractivity contribution in [2.45, 2.75) is 26.2 Å². The van der Waals surface area contributed by atoms with Crippen LogP contribution in [-0.2, 0) is 6.42 Å². The monoisotopic (exact) mass is 390 g/mol. The molecule has 0 atom stereocenters. The van der Waals surface area contributed by atoms with E-state index < -0.39 is 17.5 Å². The van der Waals surface area contributed by atoms with Crippen LogP contribution in [0.2, 0.25) is 0 Å². The summed E-state index contributed by atoms with van der Waals surface area (Å²) in [5, 5.41) is 2.39. The highest BCUT2D eigenvalue weighted by atomic mass is 19.2. The minimum Gasteiger partial charge on any atom is -0.204 e. The van der Waals surface area contributed by atoms with Gasteiger partial charge in [0.1, 0.15) is 0 Å². The van der Waals surface area contributed by atoms with E-state index >= 15 is 0 Å². The van der Waals surface area contributed by atoms with Crippen molar-refractivity contribution in [2.24, 2.45) is 0 Å². The summed E-state index contributed by atoms with van der Waals surface area (Å²) in [5.41, 5.74) is 4.38. The molecule has 0 amide bonds. The van der Waals surface area contributed by atoms with Gasteiger partial charge in [0.2, 0.25) is 0 Å². The number of unbranched alkanes of at least 4 members (excludes halogenated alkanes) is 1. The Labute approximate surface area is 168 Å². The summed E-state index contributed by atoms with van der Waals surface area (Å²) in [4.78, 5) is 0. The molecule has 4 aromatic rings. The highest BCUT2D eigenvalue weighted by Crippen LogP contribution is 2.29. The maximum Gasteiger partial charge on any atom is 0.194 e. The highest BCUT2D eigenvalue weighted by molar-refractivity contribution is 5.88. The van der Waals surface area contributed by atoms with E-state index in [2.05, 4.69) is 43.3 Å². The summed E-state index contributed by atoms with van der Waals surface area (Å²) in [6.45, 7) is 2.20. The fourth-order valence-electron chi connectivity index (χ4n) is 3.59. The molecule has 0 fully saturated rings. The fraction of sp³-hybridized carbons (Fsp3) is 0.154. The summed E-state index contributed by atoms with van der Waals surface area (Å²) in [5.74, 6) is -3.81. The molecule has 0 aliphatic rings. The van der Waals surface area contributed by atoms with E-state index in [9.17, 15) is 13.2 Å². The van der Waals surface area contributed by atoms with Gasteiger partial charge in [-0.2, -0.15) is 0 Å². The second-order valence-corrected chi connectivity index (χ2v) is 7.33. The van der Waals surface area contributed by atoms with E-state index in [0.29, 0.717) is 11.1 Å². The molecular formula is C26H21F3. The first-order chi connectivity index (χ1) is 14.0. The lowest BCUT2D eigenvalue weighted by Gasteiger charge is -2.08. The van der Waals surface area contributed by atoms with E-state index in [1.54, 1.807) is 12.1 Å². The van der Waals surface area contributed by atoms with E-state index in [-0.39, 0.29) is 0 Å². The lowest BCUT2D eigenvalue weighted by Crippen LogP contribution is -1.91. The molecule has 0 saturated heterocycles. The molecule has 0 aliphatic heterocycles. The van der Waals surface area contributed by atoms with Gasteiger partial charge in [0.05, 0.1) is 0 Å². The van der Waals surface area contributed by atoms with Gasteiger partial charge in [-0.05, 0) is 69.6 Å². The fourth-order valence-corrected chi connectivity index (χ4v) is 3.59. The number of hydrogen-bond donors (Lipinski definition) is 0. The van der Waals surface area contributed by atoms with Crippen LogP contribution in [0, 0.1) is 17.5 Å². The van der Waals surface area contributed by atoms with E-state index in [0.717, 1.165) is 29.7 Å². The number of benzene rings is 4. The number of hydrogen-bond acceptors (Lipinski definition) is 0. The summed E-state index contributed by atoms with van der Waals surface area (Å²) in [6, 6.07) is 22.4.